The number of aryl methyl sites for hydroxylation is 1. The van der Waals surface area contributed by atoms with Gasteiger partial charge in [0.05, 0.1) is 24.4 Å². The number of hydrogen-bond acceptors (Lipinski definition) is 11. The second-order valence-electron chi connectivity index (χ2n) is 13.7. The molecule has 18 heteroatoms. The van der Waals surface area contributed by atoms with Gasteiger partial charge in [0.15, 0.2) is 23.2 Å². The second kappa shape index (κ2) is 15.9. The van der Waals surface area contributed by atoms with Crippen LogP contribution in [0.25, 0.3) is 11.2 Å². The number of rotatable bonds is 12. The van der Waals surface area contributed by atoms with Gasteiger partial charge in [-0.15, -0.1) is 0 Å². The lowest BCUT2D eigenvalue weighted by Gasteiger charge is -2.31. The molecule has 2 aromatic heterocycles. The standard InChI is InChI=1S/C38H40F3N7O7S/c1-22-13-14-29(27-19-47(16-15-25(22)27)37(51)38(39,40)41)56(52,53)44-18-30-45-34(42-17-26(23-9-5-3-6-10-23)24-11-7-4-8-12-24)31-35(46-30)48(21-43-31)36-33(50)32(49)28(55-36)20-54-2/h3-14,21,26,28,32-33,36,44,49-50H,15-20H2,1-2H3,(H,42,45,46)/t28-,32-,33+,36-/m1/s1. The van der Waals surface area contributed by atoms with E-state index in [0.717, 1.165) is 11.1 Å². The summed E-state index contributed by atoms with van der Waals surface area (Å²) in [5.41, 5.74) is 3.83. The number of carbonyl (C=O) groups excluding carboxylic acids is 1. The molecule has 0 aliphatic carbocycles. The Balaban J connectivity index is 1.23. The van der Waals surface area contributed by atoms with Crippen molar-refractivity contribution in [1.29, 1.82) is 0 Å². The first-order chi connectivity index (χ1) is 26.8. The van der Waals surface area contributed by atoms with E-state index in [1.807, 2.05) is 60.7 Å². The Bertz CT molecular complexity index is 2270. The van der Waals surface area contributed by atoms with Gasteiger partial charge in [0.25, 0.3) is 0 Å². The van der Waals surface area contributed by atoms with Crippen molar-refractivity contribution >= 4 is 32.9 Å². The molecule has 1 amide bonds. The molecule has 56 heavy (non-hydrogen) atoms. The van der Waals surface area contributed by atoms with Gasteiger partial charge in [-0.25, -0.2) is 28.1 Å². The zero-order valence-electron chi connectivity index (χ0n) is 30.3. The molecule has 7 rings (SSSR count). The number of halogens is 3. The molecule has 4 heterocycles. The van der Waals surface area contributed by atoms with E-state index >= 15 is 0 Å². The van der Waals surface area contributed by atoms with Gasteiger partial charge in [-0.1, -0.05) is 66.7 Å². The first-order valence-corrected chi connectivity index (χ1v) is 19.3. The third kappa shape index (κ3) is 7.85. The average molecular weight is 796 g/mol. The lowest BCUT2D eigenvalue weighted by atomic mass is 9.91. The predicted molar refractivity (Wildman–Crippen MR) is 197 cm³/mol. The van der Waals surface area contributed by atoms with Crippen molar-refractivity contribution in [2.45, 2.75) is 68.0 Å². The largest absolute Gasteiger partial charge is 0.471 e. The minimum absolute atomic E-state index is 0.00136. The zero-order valence-corrected chi connectivity index (χ0v) is 31.2. The van der Waals surface area contributed by atoms with E-state index in [1.165, 1.54) is 24.1 Å². The fourth-order valence-corrected chi connectivity index (χ4v) is 8.51. The third-order valence-electron chi connectivity index (χ3n) is 10.1. The van der Waals surface area contributed by atoms with Crippen molar-refractivity contribution in [3.8, 4) is 0 Å². The Labute approximate surface area is 320 Å². The van der Waals surface area contributed by atoms with E-state index in [4.69, 9.17) is 9.47 Å². The van der Waals surface area contributed by atoms with Gasteiger partial charge in [0.1, 0.15) is 24.1 Å². The monoisotopic (exact) mass is 795 g/mol. The maximum absolute atomic E-state index is 13.9. The van der Waals surface area contributed by atoms with Crippen LogP contribution in [0.3, 0.4) is 0 Å². The topological polar surface area (TPSA) is 181 Å². The molecular formula is C38H40F3N7O7S. The Morgan fingerprint density at radius 3 is 2.32 bits per heavy atom. The number of fused-ring (bicyclic) bond motifs is 2. The minimum Gasteiger partial charge on any atom is -0.387 e. The summed E-state index contributed by atoms with van der Waals surface area (Å²) in [5, 5.41) is 25.0. The highest BCUT2D eigenvalue weighted by Gasteiger charge is 2.45. The van der Waals surface area contributed by atoms with E-state index in [2.05, 4.69) is 25.0 Å². The van der Waals surface area contributed by atoms with Crippen molar-refractivity contribution in [2.75, 3.05) is 32.1 Å². The molecule has 3 aromatic carbocycles. The number of benzene rings is 3. The summed E-state index contributed by atoms with van der Waals surface area (Å²) in [5.74, 6) is -1.96. The minimum atomic E-state index is -5.11. The van der Waals surface area contributed by atoms with Crippen LogP contribution in [-0.2, 0) is 43.8 Å². The fraction of sp³-hybridized carbons (Fsp3) is 0.368. The van der Waals surface area contributed by atoms with Crippen molar-refractivity contribution in [3.05, 3.63) is 113 Å². The van der Waals surface area contributed by atoms with Crippen molar-refractivity contribution in [3.63, 3.8) is 0 Å². The van der Waals surface area contributed by atoms with E-state index < -0.39 is 59.7 Å². The summed E-state index contributed by atoms with van der Waals surface area (Å²) in [6.45, 7) is 0.852. The third-order valence-corrected chi connectivity index (χ3v) is 11.6. The molecule has 5 aromatic rings. The van der Waals surface area contributed by atoms with Gasteiger partial charge in [-0.2, -0.15) is 13.2 Å². The number of sulfonamides is 1. The number of aromatic nitrogens is 4. The van der Waals surface area contributed by atoms with Crippen LogP contribution >= 0.6 is 0 Å². The summed E-state index contributed by atoms with van der Waals surface area (Å²) in [7, 11) is -2.98. The van der Waals surface area contributed by atoms with E-state index in [0.29, 0.717) is 22.6 Å². The Kier molecular flexibility index (Phi) is 11.1. The lowest BCUT2D eigenvalue weighted by Crippen LogP contribution is -2.44. The average Bonchev–Trinajstić information content (AvgIpc) is 3.73. The van der Waals surface area contributed by atoms with Gasteiger partial charge in [0.2, 0.25) is 10.0 Å². The highest BCUT2D eigenvalue weighted by Crippen LogP contribution is 2.34. The van der Waals surface area contributed by atoms with Crippen LogP contribution in [0.4, 0.5) is 19.0 Å². The number of imidazole rings is 1. The SMILES string of the molecule is COC[C@H]1O[C@@H](n2cnc3c(NCC(c4ccccc4)c4ccccc4)nc(CNS(=O)(=O)c4ccc(C)c5c4CN(C(=O)C(F)(F)F)CC5)nc32)[C@@H](O)[C@@H]1O. The number of aliphatic hydroxyl groups excluding tert-OH is 2. The molecule has 2 aliphatic rings. The summed E-state index contributed by atoms with van der Waals surface area (Å²) in [6, 6.07) is 22.5. The van der Waals surface area contributed by atoms with Crippen molar-refractivity contribution in [1.82, 2.24) is 29.1 Å². The van der Waals surface area contributed by atoms with Crippen molar-refractivity contribution in [2.24, 2.45) is 0 Å². The normalized spacial score (nSPS) is 20.1. The second-order valence-corrected chi connectivity index (χ2v) is 15.4. The maximum Gasteiger partial charge on any atom is 0.471 e. The molecule has 1 saturated heterocycles. The van der Waals surface area contributed by atoms with Crippen molar-refractivity contribution < 1.29 is 46.1 Å². The van der Waals surface area contributed by atoms with Gasteiger partial charge >= 0.3 is 12.1 Å². The number of aliphatic hydroxyl groups is 2. The van der Waals surface area contributed by atoms with Crippen LogP contribution in [-0.4, -0.2) is 100 Å². The number of alkyl halides is 3. The van der Waals surface area contributed by atoms with Crippen LogP contribution in [0.15, 0.2) is 84.0 Å². The molecule has 296 valence electrons. The summed E-state index contributed by atoms with van der Waals surface area (Å²) >= 11 is 0. The molecule has 4 atom stereocenters. The van der Waals surface area contributed by atoms with E-state index in [1.54, 1.807) is 13.0 Å². The Morgan fingerprint density at radius 2 is 1.68 bits per heavy atom. The van der Waals surface area contributed by atoms with Crippen LogP contribution in [0, 0.1) is 6.92 Å². The number of nitrogens with one attached hydrogen (secondary N) is 2. The van der Waals surface area contributed by atoms with Gasteiger partial charge < -0.3 is 29.9 Å². The fourth-order valence-electron chi connectivity index (χ4n) is 7.28. The smallest absolute Gasteiger partial charge is 0.387 e. The molecule has 14 nitrogen and oxygen atoms in total. The zero-order chi connectivity index (χ0) is 39.8. The highest BCUT2D eigenvalue weighted by molar-refractivity contribution is 7.89. The van der Waals surface area contributed by atoms with E-state index in [9.17, 15) is 36.6 Å². The summed E-state index contributed by atoms with van der Waals surface area (Å²) in [6.07, 6.45) is -8.35. The number of nitrogens with zero attached hydrogens (tertiary/aromatic N) is 5. The molecule has 2 aliphatic heterocycles. The summed E-state index contributed by atoms with van der Waals surface area (Å²) < 4.78 is 83.0. The molecule has 0 radical (unpaired) electrons. The lowest BCUT2D eigenvalue weighted by molar-refractivity contribution is -0.186. The van der Waals surface area contributed by atoms with Gasteiger partial charge in [0, 0.05) is 32.7 Å². The van der Waals surface area contributed by atoms with Gasteiger partial charge in [-0.3, -0.25) is 9.36 Å². The maximum atomic E-state index is 13.9. The van der Waals surface area contributed by atoms with Gasteiger partial charge in [-0.05, 0) is 47.2 Å². The molecular weight excluding hydrogens is 756 g/mol. The predicted octanol–water partition coefficient (Wildman–Crippen LogP) is 3.57. The van der Waals surface area contributed by atoms with Crippen LogP contribution in [0.5, 0.6) is 0 Å². The molecule has 0 saturated carbocycles. The number of methoxy groups -OCH3 is 1. The molecule has 4 N–H and O–H groups in total. The highest BCUT2D eigenvalue weighted by atomic mass is 32.2. The number of ether oxygens (including phenoxy) is 2. The number of hydrogen-bond donors (Lipinski definition) is 4. The molecule has 1 fully saturated rings. The van der Waals surface area contributed by atoms with Crippen LogP contribution in [0.2, 0.25) is 0 Å². The van der Waals surface area contributed by atoms with Crippen LogP contribution in [0.1, 0.15) is 45.8 Å². The quantitative estimate of drug-likeness (QED) is 0.145. The molecule has 0 spiro atoms. The first kappa shape index (κ1) is 39.3. The Hall–Kier alpha value is -4.98. The Morgan fingerprint density at radius 1 is 1.00 bits per heavy atom. The molecule has 0 unspecified atom stereocenters. The summed E-state index contributed by atoms with van der Waals surface area (Å²) in [4.78, 5) is 26.3. The van der Waals surface area contributed by atoms with E-state index in [-0.39, 0.29) is 58.8 Å². The number of carbonyl (C=O) groups is 1. The van der Waals surface area contributed by atoms with Crippen LogP contribution < -0.4 is 10.0 Å². The molecule has 0 bridgehead atoms. The first-order valence-electron chi connectivity index (χ1n) is 17.8. The number of amides is 1. The number of anilines is 1.